The summed E-state index contributed by atoms with van der Waals surface area (Å²) in [5.74, 6) is -2.28. The van der Waals surface area contributed by atoms with Gasteiger partial charge in [-0.3, -0.25) is 4.79 Å². The lowest BCUT2D eigenvalue weighted by atomic mass is 10.0. The van der Waals surface area contributed by atoms with E-state index in [0.717, 1.165) is 12.1 Å². The molecule has 28 heavy (non-hydrogen) atoms. The first kappa shape index (κ1) is 21.1. The predicted octanol–water partition coefficient (Wildman–Crippen LogP) is 3.80. The van der Waals surface area contributed by atoms with E-state index >= 15 is 0 Å². The van der Waals surface area contributed by atoms with Gasteiger partial charge in [-0.05, 0) is 49.2 Å². The van der Waals surface area contributed by atoms with Gasteiger partial charge >= 0.3 is 5.97 Å². The number of carbonyl (C=O) groups excluding carboxylic acids is 1. The molecule has 0 saturated carbocycles. The maximum absolute atomic E-state index is 13.4. The molecule has 0 unspecified atom stereocenters. The largest absolute Gasteiger partial charge is 0.485 e. The number of nitrogens with one attached hydrogen (secondary N) is 1. The number of ether oxygens (including phenoxy) is 2. The maximum atomic E-state index is 13.4. The Labute approximate surface area is 158 Å². The van der Waals surface area contributed by atoms with Crippen LogP contribution in [0.2, 0.25) is 0 Å². The van der Waals surface area contributed by atoms with Crippen LogP contribution in [0.4, 0.5) is 18.9 Å². The molecule has 2 N–H and O–H groups in total. The summed E-state index contributed by atoms with van der Waals surface area (Å²) in [6, 6.07) is 6.14. The monoisotopic (exact) mass is 397 g/mol. The highest BCUT2D eigenvalue weighted by Gasteiger charge is 2.16. The van der Waals surface area contributed by atoms with Crippen molar-refractivity contribution in [2.24, 2.45) is 0 Å². The smallest absolute Gasteiger partial charge is 0.341 e. The van der Waals surface area contributed by atoms with Gasteiger partial charge in [-0.1, -0.05) is 0 Å². The molecule has 0 aliphatic heterocycles. The SMILES string of the molecule is Cc1cc(C(=O)Nc2ccc(F)cc2OCC(F)F)cc(C)c1OCC(=O)O. The second kappa shape index (κ2) is 9.12. The zero-order valence-corrected chi connectivity index (χ0v) is 15.1. The zero-order chi connectivity index (χ0) is 20.8. The fourth-order valence-electron chi connectivity index (χ4n) is 2.51. The number of aryl methyl sites for hydroxylation is 2. The summed E-state index contributed by atoms with van der Waals surface area (Å²) in [5.41, 5.74) is 1.34. The maximum Gasteiger partial charge on any atom is 0.341 e. The minimum absolute atomic E-state index is 0.0357. The number of aliphatic carboxylic acids is 1. The van der Waals surface area contributed by atoms with E-state index in [0.29, 0.717) is 16.9 Å². The van der Waals surface area contributed by atoms with Gasteiger partial charge in [-0.15, -0.1) is 0 Å². The summed E-state index contributed by atoms with van der Waals surface area (Å²) in [6.07, 6.45) is -2.75. The Bertz CT molecular complexity index is 863. The molecular formula is C19H18F3NO5. The van der Waals surface area contributed by atoms with Crippen molar-refractivity contribution in [3.8, 4) is 11.5 Å². The third-order valence-corrected chi connectivity index (χ3v) is 3.62. The van der Waals surface area contributed by atoms with Crippen molar-refractivity contribution < 1.29 is 37.3 Å². The number of carboxylic acids is 1. The van der Waals surface area contributed by atoms with E-state index in [1.165, 1.54) is 18.2 Å². The number of carboxylic acid groups (broad SMARTS) is 1. The Morgan fingerprint density at radius 2 is 1.75 bits per heavy atom. The normalized spacial score (nSPS) is 10.6. The van der Waals surface area contributed by atoms with Crippen LogP contribution in [0.1, 0.15) is 21.5 Å². The molecule has 0 aromatic heterocycles. The Hall–Kier alpha value is -3.23. The van der Waals surface area contributed by atoms with Crippen molar-refractivity contribution in [3.63, 3.8) is 0 Å². The molecule has 1 amide bonds. The van der Waals surface area contributed by atoms with E-state index < -0.39 is 37.3 Å². The van der Waals surface area contributed by atoms with Crippen molar-refractivity contribution in [1.29, 1.82) is 0 Å². The molecule has 0 heterocycles. The van der Waals surface area contributed by atoms with E-state index in [9.17, 15) is 22.8 Å². The number of alkyl halides is 2. The quantitative estimate of drug-likeness (QED) is 0.708. The molecule has 0 saturated heterocycles. The number of hydrogen-bond donors (Lipinski definition) is 2. The van der Waals surface area contributed by atoms with Crippen molar-refractivity contribution in [3.05, 3.63) is 52.8 Å². The highest BCUT2D eigenvalue weighted by molar-refractivity contribution is 6.05. The van der Waals surface area contributed by atoms with Crippen LogP contribution in [0.5, 0.6) is 11.5 Å². The van der Waals surface area contributed by atoms with Crippen LogP contribution in [0, 0.1) is 19.7 Å². The first-order valence-corrected chi connectivity index (χ1v) is 8.15. The summed E-state index contributed by atoms with van der Waals surface area (Å²) in [4.78, 5) is 23.2. The minimum atomic E-state index is -2.75. The predicted molar refractivity (Wildman–Crippen MR) is 94.9 cm³/mol. The summed E-state index contributed by atoms with van der Waals surface area (Å²) in [5, 5.41) is 11.2. The van der Waals surface area contributed by atoms with Crippen molar-refractivity contribution in [2.75, 3.05) is 18.5 Å². The molecule has 0 radical (unpaired) electrons. The standard InChI is InChI=1S/C19H18F3NO5/c1-10-5-12(6-11(2)18(10)28-9-17(24)25)19(26)23-14-4-3-13(20)7-15(14)27-8-16(21)22/h3-7,16H,8-9H2,1-2H3,(H,23,26)(H,24,25). The molecule has 0 aliphatic carbocycles. The van der Waals surface area contributed by atoms with Gasteiger partial charge in [-0.25, -0.2) is 18.0 Å². The molecule has 0 aliphatic rings. The second-order valence-electron chi connectivity index (χ2n) is 5.92. The summed E-state index contributed by atoms with van der Waals surface area (Å²) in [7, 11) is 0. The minimum Gasteiger partial charge on any atom is -0.485 e. The summed E-state index contributed by atoms with van der Waals surface area (Å²) >= 11 is 0. The van der Waals surface area contributed by atoms with Crippen LogP contribution >= 0.6 is 0 Å². The number of amides is 1. The third kappa shape index (κ3) is 5.63. The number of carbonyl (C=O) groups is 2. The van der Waals surface area contributed by atoms with E-state index in [4.69, 9.17) is 14.6 Å². The van der Waals surface area contributed by atoms with E-state index in [-0.39, 0.29) is 17.0 Å². The lowest BCUT2D eigenvalue weighted by molar-refractivity contribution is -0.139. The van der Waals surface area contributed by atoms with Crippen molar-refractivity contribution in [1.82, 2.24) is 0 Å². The van der Waals surface area contributed by atoms with Gasteiger partial charge in [0.25, 0.3) is 12.3 Å². The third-order valence-electron chi connectivity index (χ3n) is 3.62. The van der Waals surface area contributed by atoms with Crippen LogP contribution in [0.15, 0.2) is 30.3 Å². The number of hydrogen-bond acceptors (Lipinski definition) is 4. The molecule has 150 valence electrons. The van der Waals surface area contributed by atoms with E-state index in [2.05, 4.69) is 5.32 Å². The van der Waals surface area contributed by atoms with Gasteiger partial charge in [-0.2, -0.15) is 0 Å². The number of rotatable bonds is 8. The lowest BCUT2D eigenvalue weighted by Gasteiger charge is -2.15. The van der Waals surface area contributed by atoms with Crippen molar-refractivity contribution >= 4 is 17.6 Å². The first-order chi connectivity index (χ1) is 13.2. The Morgan fingerprint density at radius 1 is 1.11 bits per heavy atom. The van der Waals surface area contributed by atoms with Gasteiger partial charge < -0.3 is 19.9 Å². The van der Waals surface area contributed by atoms with Gasteiger partial charge in [0, 0.05) is 11.6 Å². The highest BCUT2D eigenvalue weighted by atomic mass is 19.3. The molecule has 2 rings (SSSR count). The number of benzene rings is 2. The van der Waals surface area contributed by atoms with Crippen LogP contribution in [-0.2, 0) is 4.79 Å². The van der Waals surface area contributed by atoms with E-state index in [1.807, 2.05) is 0 Å². The Morgan fingerprint density at radius 3 is 2.32 bits per heavy atom. The Balaban J connectivity index is 2.22. The van der Waals surface area contributed by atoms with Gasteiger partial charge in [0.05, 0.1) is 5.69 Å². The molecule has 6 nitrogen and oxygen atoms in total. The average molecular weight is 397 g/mol. The molecule has 2 aromatic rings. The molecule has 0 atom stereocenters. The van der Waals surface area contributed by atoms with Crippen LogP contribution in [-0.4, -0.2) is 36.6 Å². The van der Waals surface area contributed by atoms with E-state index in [1.54, 1.807) is 13.8 Å². The number of anilines is 1. The molecule has 0 spiro atoms. The van der Waals surface area contributed by atoms with Gasteiger partial charge in [0.2, 0.25) is 0 Å². The molecule has 9 heteroatoms. The molecule has 0 fully saturated rings. The van der Waals surface area contributed by atoms with Crippen molar-refractivity contribution in [2.45, 2.75) is 20.3 Å². The zero-order valence-electron chi connectivity index (χ0n) is 15.1. The molecule has 2 aromatic carbocycles. The van der Waals surface area contributed by atoms with Crippen LogP contribution in [0.3, 0.4) is 0 Å². The molecular weight excluding hydrogens is 379 g/mol. The highest BCUT2D eigenvalue weighted by Crippen LogP contribution is 2.28. The number of halogens is 3. The lowest BCUT2D eigenvalue weighted by Crippen LogP contribution is -2.16. The fraction of sp³-hybridized carbons (Fsp3) is 0.263. The van der Waals surface area contributed by atoms with Gasteiger partial charge in [0.15, 0.2) is 6.61 Å². The first-order valence-electron chi connectivity index (χ1n) is 8.15. The summed E-state index contributed by atoms with van der Waals surface area (Å²) < 4.78 is 48.2. The fourth-order valence-corrected chi connectivity index (χ4v) is 2.51. The molecule has 0 bridgehead atoms. The topological polar surface area (TPSA) is 84.9 Å². The van der Waals surface area contributed by atoms with Crippen LogP contribution in [0.25, 0.3) is 0 Å². The summed E-state index contributed by atoms with van der Waals surface area (Å²) in [6.45, 7) is 1.83. The van der Waals surface area contributed by atoms with Gasteiger partial charge in [0.1, 0.15) is 23.9 Å². The average Bonchev–Trinajstić information content (AvgIpc) is 2.60. The second-order valence-corrected chi connectivity index (χ2v) is 5.92. The Kier molecular flexibility index (Phi) is 6.86. The van der Waals surface area contributed by atoms with Crippen LogP contribution < -0.4 is 14.8 Å².